The minimum Gasteiger partial charge on any atom is -0.306 e. The fourth-order valence-electron chi connectivity index (χ4n) is 3.64. The van der Waals surface area contributed by atoms with Gasteiger partial charge in [-0.3, -0.25) is 0 Å². The topological polar surface area (TPSA) is 3.24 Å². The zero-order valence-corrected chi connectivity index (χ0v) is 10.9. The highest BCUT2D eigenvalue weighted by atomic mass is 15.1. The van der Waals surface area contributed by atoms with Gasteiger partial charge in [-0.25, -0.2) is 0 Å². The van der Waals surface area contributed by atoms with Crippen LogP contribution in [0.5, 0.6) is 0 Å². The third kappa shape index (κ3) is 2.75. The molecular formula is C14H27N. The predicted octanol–water partition coefficient (Wildman–Crippen LogP) is 3.40. The van der Waals surface area contributed by atoms with Crippen molar-refractivity contribution in [2.45, 2.75) is 46.5 Å². The fraction of sp³-hybridized carbons (Fsp3) is 1.00. The molecule has 88 valence electrons. The van der Waals surface area contributed by atoms with Gasteiger partial charge in [0.2, 0.25) is 0 Å². The van der Waals surface area contributed by atoms with Crippen LogP contribution < -0.4 is 0 Å². The molecule has 0 radical (unpaired) electrons. The number of nitrogens with zero attached hydrogens (tertiary/aromatic N) is 1. The zero-order valence-electron chi connectivity index (χ0n) is 10.9. The van der Waals surface area contributed by atoms with Gasteiger partial charge in [0.05, 0.1) is 0 Å². The Morgan fingerprint density at radius 1 is 1.07 bits per heavy atom. The van der Waals surface area contributed by atoms with Crippen molar-refractivity contribution in [2.75, 3.05) is 20.1 Å². The van der Waals surface area contributed by atoms with Crippen LogP contribution in [0.4, 0.5) is 0 Å². The van der Waals surface area contributed by atoms with Crippen molar-refractivity contribution in [2.24, 2.45) is 23.2 Å². The summed E-state index contributed by atoms with van der Waals surface area (Å²) in [6, 6.07) is 0. The maximum Gasteiger partial charge on any atom is 0.000949 e. The van der Waals surface area contributed by atoms with Crippen LogP contribution in [0.25, 0.3) is 0 Å². The molecule has 0 spiro atoms. The first-order valence-corrected chi connectivity index (χ1v) is 6.64. The highest BCUT2D eigenvalue weighted by Crippen LogP contribution is 2.45. The van der Waals surface area contributed by atoms with Gasteiger partial charge in [-0.05, 0) is 55.9 Å². The van der Waals surface area contributed by atoms with Gasteiger partial charge in [0.15, 0.2) is 0 Å². The first-order chi connectivity index (χ1) is 6.96. The lowest BCUT2D eigenvalue weighted by atomic mass is 9.78. The second-order valence-corrected chi connectivity index (χ2v) is 7.08. The van der Waals surface area contributed by atoms with Gasteiger partial charge in [0.1, 0.15) is 0 Å². The molecule has 2 bridgehead atoms. The smallest absolute Gasteiger partial charge is 0.000949 e. The molecule has 2 unspecified atom stereocenters. The molecule has 1 heteroatoms. The van der Waals surface area contributed by atoms with Crippen LogP contribution in [0.3, 0.4) is 0 Å². The summed E-state index contributed by atoms with van der Waals surface area (Å²) < 4.78 is 0. The van der Waals surface area contributed by atoms with E-state index in [-0.39, 0.29) is 0 Å². The molecule has 1 heterocycles. The van der Waals surface area contributed by atoms with E-state index in [0.717, 1.165) is 17.8 Å². The average Bonchev–Trinajstić information content (AvgIpc) is 2.33. The molecule has 0 aromatic carbocycles. The van der Waals surface area contributed by atoms with Crippen molar-refractivity contribution < 1.29 is 0 Å². The van der Waals surface area contributed by atoms with Crippen molar-refractivity contribution >= 4 is 0 Å². The quantitative estimate of drug-likeness (QED) is 0.674. The Morgan fingerprint density at radius 2 is 1.60 bits per heavy atom. The Balaban J connectivity index is 1.89. The van der Waals surface area contributed by atoms with Crippen molar-refractivity contribution in [3.8, 4) is 0 Å². The molecule has 2 atom stereocenters. The number of fused-ring (bicyclic) bond motifs is 2. The predicted molar refractivity (Wildman–Crippen MR) is 65.9 cm³/mol. The fourth-order valence-corrected chi connectivity index (χ4v) is 3.64. The Labute approximate surface area is 95.2 Å². The molecule has 0 aromatic rings. The largest absolute Gasteiger partial charge is 0.306 e. The highest BCUT2D eigenvalue weighted by Gasteiger charge is 2.40. The Bertz CT molecular complexity index is 202. The zero-order chi connectivity index (χ0) is 11.1. The number of likely N-dealkylation sites (tertiary alicyclic amines) is 1. The molecule has 1 saturated heterocycles. The Kier molecular flexibility index (Phi) is 3.12. The molecule has 1 aliphatic heterocycles. The van der Waals surface area contributed by atoms with E-state index in [9.17, 15) is 0 Å². The minimum atomic E-state index is 0.531. The number of hydrogen-bond acceptors (Lipinski definition) is 1. The molecule has 0 amide bonds. The maximum atomic E-state index is 2.55. The average molecular weight is 209 g/mol. The third-order valence-electron chi connectivity index (χ3n) is 4.44. The lowest BCUT2D eigenvalue weighted by Crippen LogP contribution is -2.39. The van der Waals surface area contributed by atoms with Gasteiger partial charge >= 0.3 is 0 Å². The van der Waals surface area contributed by atoms with Crippen LogP contribution in [-0.2, 0) is 0 Å². The molecule has 2 fully saturated rings. The van der Waals surface area contributed by atoms with Crippen LogP contribution in [0.1, 0.15) is 46.5 Å². The van der Waals surface area contributed by atoms with E-state index < -0.39 is 0 Å². The summed E-state index contributed by atoms with van der Waals surface area (Å²) in [6.45, 7) is 9.87. The minimum absolute atomic E-state index is 0.531. The van der Waals surface area contributed by atoms with Crippen LogP contribution >= 0.6 is 0 Å². The molecule has 1 nitrogen and oxygen atoms in total. The van der Waals surface area contributed by atoms with E-state index in [2.05, 4.69) is 32.7 Å². The van der Waals surface area contributed by atoms with Gasteiger partial charge in [-0.15, -0.1) is 0 Å². The second kappa shape index (κ2) is 4.08. The van der Waals surface area contributed by atoms with Crippen LogP contribution in [0, 0.1) is 23.2 Å². The Hall–Kier alpha value is -0.0400. The Morgan fingerprint density at radius 3 is 2.07 bits per heavy atom. The van der Waals surface area contributed by atoms with Gasteiger partial charge in [-0.2, -0.15) is 0 Å². The molecule has 0 N–H and O–H groups in total. The molecule has 2 rings (SSSR count). The molecule has 2 aliphatic rings. The summed E-state index contributed by atoms with van der Waals surface area (Å²) in [5, 5.41) is 0. The summed E-state index contributed by atoms with van der Waals surface area (Å²) in [5.41, 5.74) is 0.531. The van der Waals surface area contributed by atoms with E-state index in [1.54, 1.807) is 0 Å². The highest BCUT2D eigenvalue weighted by molar-refractivity contribution is 4.92. The van der Waals surface area contributed by atoms with Crippen LogP contribution in [0.15, 0.2) is 0 Å². The van der Waals surface area contributed by atoms with Crippen molar-refractivity contribution in [1.82, 2.24) is 4.90 Å². The van der Waals surface area contributed by atoms with E-state index in [1.807, 2.05) is 0 Å². The summed E-state index contributed by atoms with van der Waals surface area (Å²) in [6.07, 6.45) is 5.90. The third-order valence-corrected chi connectivity index (χ3v) is 4.44. The molecule has 1 saturated carbocycles. The SMILES string of the molecule is CN1CC2CCC(C1)C2CCC(C)(C)C. The standard InChI is InChI=1S/C14H27N/c1-14(2,3)8-7-13-11-5-6-12(13)10-15(4)9-11/h11-13H,5-10H2,1-4H3. The van der Waals surface area contributed by atoms with Crippen molar-refractivity contribution in [1.29, 1.82) is 0 Å². The molecule has 0 aromatic heterocycles. The van der Waals surface area contributed by atoms with E-state index in [4.69, 9.17) is 0 Å². The van der Waals surface area contributed by atoms with Crippen molar-refractivity contribution in [3.63, 3.8) is 0 Å². The van der Waals surface area contributed by atoms with Crippen molar-refractivity contribution in [3.05, 3.63) is 0 Å². The summed E-state index contributed by atoms with van der Waals surface area (Å²) >= 11 is 0. The summed E-state index contributed by atoms with van der Waals surface area (Å²) in [4.78, 5) is 2.55. The maximum absolute atomic E-state index is 2.55. The van der Waals surface area contributed by atoms with Gasteiger partial charge in [0.25, 0.3) is 0 Å². The molecule has 1 aliphatic carbocycles. The second-order valence-electron chi connectivity index (χ2n) is 7.08. The lowest BCUT2D eigenvalue weighted by molar-refractivity contribution is 0.116. The number of hydrogen-bond donors (Lipinski definition) is 0. The van der Waals surface area contributed by atoms with Crippen LogP contribution in [-0.4, -0.2) is 25.0 Å². The number of rotatable bonds is 2. The first kappa shape index (κ1) is 11.4. The first-order valence-electron chi connectivity index (χ1n) is 6.64. The van der Waals surface area contributed by atoms with Gasteiger partial charge in [0, 0.05) is 13.1 Å². The van der Waals surface area contributed by atoms with E-state index in [0.29, 0.717) is 5.41 Å². The van der Waals surface area contributed by atoms with Gasteiger partial charge < -0.3 is 4.90 Å². The number of piperidine rings is 1. The monoisotopic (exact) mass is 209 g/mol. The van der Waals surface area contributed by atoms with E-state index >= 15 is 0 Å². The molecular weight excluding hydrogens is 182 g/mol. The van der Waals surface area contributed by atoms with Gasteiger partial charge in [-0.1, -0.05) is 20.8 Å². The summed E-state index contributed by atoms with van der Waals surface area (Å²) in [7, 11) is 2.30. The molecule has 15 heavy (non-hydrogen) atoms. The summed E-state index contributed by atoms with van der Waals surface area (Å²) in [5.74, 6) is 3.10. The lowest BCUT2D eigenvalue weighted by Gasteiger charge is -2.37. The van der Waals surface area contributed by atoms with E-state index in [1.165, 1.54) is 38.8 Å². The normalized spacial score (nSPS) is 37.2. The van der Waals surface area contributed by atoms with Crippen LogP contribution in [0.2, 0.25) is 0 Å².